The van der Waals surface area contributed by atoms with Gasteiger partial charge in [-0.2, -0.15) is 9.58 Å². The largest absolute Gasteiger partial charge is 0.453 e. The van der Waals surface area contributed by atoms with Crippen molar-refractivity contribution in [3.05, 3.63) is 11.1 Å². The van der Waals surface area contributed by atoms with E-state index in [9.17, 15) is 19.2 Å². The number of Topliss-reactive ketones (excluding diaryl/α,β-unsaturated/α-hetero) is 2. The van der Waals surface area contributed by atoms with Gasteiger partial charge in [-0.05, 0) is 25.7 Å². The molecule has 0 amide bonds. The quantitative estimate of drug-likeness (QED) is 0.216. The van der Waals surface area contributed by atoms with Crippen LogP contribution in [0.1, 0.15) is 39.5 Å². The number of hydrogen-bond donors (Lipinski definition) is 0. The monoisotopic (exact) mass is 336 g/mol. The highest BCUT2D eigenvalue weighted by atomic mass is 16.6. The van der Waals surface area contributed by atoms with Crippen LogP contribution in [0.5, 0.6) is 0 Å². The van der Waals surface area contributed by atoms with Gasteiger partial charge in [0.2, 0.25) is 11.6 Å². The molecule has 0 heterocycles. The lowest BCUT2D eigenvalue weighted by atomic mass is 9.95. The Morgan fingerprint density at radius 3 is 1.25 bits per heavy atom. The average molecular weight is 336 g/mol. The van der Waals surface area contributed by atoms with Crippen molar-refractivity contribution in [1.29, 1.82) is 0 Å². The fourth-order valence-electron chi connectivity index (χ4n) is 2.19. The van der Waals surface area contributed by atoms with E-state index < -0.39 is 47.1 Å². The van der Waals surface area contributed by atoms with Gasteiger partial charge in [0, 0.05) is 13.8 Å². The minimum absolute atomic E-state index is 0.353. The Labute approximate surface area is 137 Å². The van der Waals surface area contributed by atoms with Gasteiger partial charge in [-0.15, -0.1) is 0 Å². The lowest BCUT2D eigenvalue weighted by Gasteiger charge is -2.27. The van der Waals surface area contributed by atoms with Gasteiger partial charge >= 0.3 is 23.4 Å². The van der Waals surface area contributed by atoms with Crippen LogP contribution in [-0.2, 0) is 28.7 Å². The third kappa shape index (κ3) is 5.05. The summed E-state index contributed by atoms with van der Waals surface area (Å²) in [5.41, 5.74) is 15.8. The minimum atomic E-state index is -1.02. The summed E-state index contributed by atoms with van der Waals surface area (Å²) in [7, 11) is 0. The third-order valence-electron chi connectivity index (χ3n) is 3.42. The number of rotatable bonds is 6. The number of ether oxygens (including phenoxy) is 2. The second-order valence-electron chi connectivity index (χ2n) is 5.22. The first kappa shape index (κ1) is 19.1. The Kier molecular flexibility index (Phi) is 6.85. The van der Waals surface area contributed by atoms with Gasteiger partial charge in [0.1, 0.15) is 12.2 Å². The van der Waals surface area contributed by atoms with Gasteiger partial charge in [-0.1, -0.05) is 0 Å². The van der Waals surface area contributed by atoms with E-state index in [1.807, 2.05) is 0 Å². The van der Waals surface area contributed by atoms with Gasteiger partial charge in [-0.3, -0.25) is 9.59 Å². The van der Waals surface area contributed by atoms with Crippen molar-refractivity contribution in [2.75, 3.05) is 0 Å². The maximum absolute atomic E-state index is 11.6. The molecule has 0 spiro atoms. The fourth-order valence-corrected chi connectivity index (χ4v) is 2.19. The second kappa shape index (κ2) is 8.61. The second-order valence-corrected chi connectivity index (χ2v) is 5.22. The highest BCUT2D eigenvalue weighted by Crippen LogP contribution is 2.24. The number of carbonyl (C=O) groups is 4. The number of hydrogen-bond acceptors (Lipinski definition) is 6. The number of carbonyl (C=O) groups excluding carboxylic acids is 4. The van der Waals surface area contributed by atoms with Crippen LogP contribution in [0.15, 0.2) is 0 Å². The van der Waals surface area contributed by atoms with Gasteiger partial charge in [-0.25, -0.2) is 9.59 Å². The molecule has 0 aromatic heterocycles. The molecule has 0 unspecified atom stereocenters. The van der Waals surface area contributed by atoms with Gasteiger partial charge < -0.3 is 20.5 Å². The van der Waals surface area contributed by atoms with Crippen molar-refractivity contribution in [3.63, 3.8) is 0 Å². The standard InChI is InChI=1S/C14H16N4O6/c1-7(19)11(17-15)13(21)23-9-3-5-10(6-4-9)24-14(22)12(18-16)8(2)20/h9-10H,3-6H2,1-2H3. The van der Waals surface area contributed by atoms with Crippen molar-refractivity contribution < 1.29 is 38.2 Å². The molecule has 0 aromatic carbocycles. The molecule has 1 aliphatic carbocycles. The van der Waals surface area contributed by atoms with Crippen molar-refractivity contribution >= 4 is 34.9 Å². The van der Waals surface area contributed by atoms with Crippen molar-refractivity contribution in [3.8, 4) is 0 Å². The molecule has 1 rings (SSSR count). The van der Waals surface area contributed by atoms with Crippen LogP contribution in [0.25, 0.3) is 11.1 Å². The molecule has 0 N–H and O–H groups in total. The topological polar surface area (TPSA) is 160 Å². The summed E-state index contributed by atoms with van der Waals surface area (Å²) in [6, 6.07) is 0. The minimum Gasteiger partial charge on any atom is -0.453 e. The van der Waals surface area contributed by atoms with E-state index in [0.717, 1.165) is 13.8 Å². The van der Waals surface area contributed by atoms with Crippen molar-refractivity contribution in [2.45, 2.75) is 51.7 Å². The van der Waals surface area contributed by atoms with Crippen molar-refractivity contribution in [1.82, 2.24) is 0 Å². The number of nitrogens with zero attached hydrogens (tertiary/aromatic N) is 4. The molecule has 0 atom stereocenters. The summed E-state index contributed by atoms with van der Waals surface area (Å²) in [4.78, 5) is 50.6. The zero-order valence-corrected chi connectivity index (χ0v) is 13.2. The first-order valence-corrected chi connectivity index (χ1v) is 7.18. The Hall–Kier alpha value is -2.96. The molecule has 0 bridgehead atoms. The number of ketones is 2. The summed E-state index contributed by atoms with van der Waals surface area (Å²) in [6.07, 6.45) is 0.389. The molecular weight excluding hydrogens is 320 g/mol. The van der Waals surface area contributed by atoms with Crippen LogP contribution in [0.2, 0.25) is 0 Å². The molecule has 0 radical (unpaired) electrons. The number of esters is 2. The predicted molar refractivity (Wildman–Crippen MR) is 76.8 cm³/mol. The van der Waals surface area contributed by atoms with E-state index in [2.05, 4.69) is 9.58 Å². The Morgan fingerprint density at radius 2 is 1.04 bits per heavy atom. The third-order valence-corrected chi connectivity index (χ3v) is 3.42. The summed E-state index contributed by atoms with van der Waals surface area (Å²) in [5.74, 6) is -3.47. The normalized spacial score (nSPS) is 19.2. The first-order chi connectivity index (χ1) is 11.3. The molecule has 0 aliphatic heterocycles. The molecule has 1 saturated carbocycles. The maximum atomic E-state index is 11.6. The van der Waals surface area contributed by atoms with E-state index >= 15 is 0 Å². The molecular formula is C14H16N4O6. The smallest absolute Gasteiger partial charge is 0.441 e. The fraction of sp³-hybridized carbons (Fsp3) is 0.571. The maximum Gasteiger partial charge on any atom is 0.441 e. The van der Waals surface area contributed by atoms with E-state index in [0.29, 0.717) is 25.7 Å². The molecule has 24 heavy (non-hydrogen) atoms. The molecule has 10 nitrogen and oxygen atoms in total. The SMILES string of the molecule is CC(=O)C(=[N+]=[N-])C(=O)OC1CCC(OC(=O)C(=[N+]=[N-])C(C)=O)CC1. The zero-order chi connectivity index (χ0) is 18.3. The van der Waals surface area contributed by atoms with E-state index in [-0.39, 0.29) is 0 Å². The van der Waals surface area contributed by atoms with Crippen LogP contribution < -0.4 is 0 Å². The van der Waals surface area contributed by atoms with Gasteiger partial charge in [0.15, 0.2) is 0 Å². The lowest BCUT2D eigenvalue weighted by molar-refractivity contribution is -0.155. The lowest BCUT2D eigenvalue weighted by Crippen LogP contribution is -2.35. The molecule has 128 valence electrons. The molecule has 0 saturated heterocycles. The Bertz CT molecular complexity index is 607. The van der Waals surface area contributed by atoms with E-state index in [1.165, 1.54) is 0 Å². The summed E-state index contributed by atoms with van der Waals surface area (Å²) >= 11 is 0. The highest BCUT2D eigenvalue weighted by Gasteiger charge is 2.35. The highest BCUT2D eigenvalue weighted by molar-refractivity contribution is 6.62. The summed E-state index contributed by atoms with van der Waals surface area (Å²) in [5, 5.41) is 0. The van der Waals surface area contributed by atoms with Crippen LogP contribution in [0.4, 0.5) is 0 Å². The molecule has 1 fully saturated rings. The van der Waals surface area contributed by atoms with E-state index in [4.69, 9.17) is 20.5 Å². The molecule has 0 aromatic rings. The summed E-state index contributed by atoms with van der Waals surface area (Å²) in [6.45, 7) is 2.14. The average Bonchev–Trinajstić information content (AvgIpc) is 2.49. The zero-order valence-electron chi connectivity index (χ0n) is 13.2. The summed E-state index contributed by atoms with van der Waals surface area (Å²) < 4.78 is 10.1. The van der Waals surface area contributed by atoms with Crippen LogP contribution in [0.3, 0.4) is 0 Å². The van der Waals surface area contributed by atoms with E-state index in [1.54, 1.807) is 0 Å². The molecule has 1 aliphatic rings. The van der Waals surface area contributed by atoms with Crippen LogP contribution in [-0.4, -0.2) is 56.7 Å². The Morgan fingerprint density at radius 1 is 0.750 bits per heavy atom. The van der Waals surface area contributed by atoms with Crippen LogP contribution in [0, 0.1) is 0 Å². The molecule has 10 heteroatoms. The predicted octanol–water partition coefficient (Wildman–Crippen LogP) is -0.0964. The first-order valence-electron chi connectivity index (χ1n) is 7.18. The van der Waals surface area contributed by atoms with Crippen LogP contribution >= 0.6 is 0 Å². The Balaban J connectivity index is 2.53. The van der Waals surface area contributed by atoms with Gasteiger partial charge in [0.25, 0.3) is 0 Å². The van der Waals surface area contributed by atoms with Crippen molar-refractivity contribution in [2.24, 2.45) is 0 Å². The van der Waals surface area contributed by atoms with Gasteiger partial charge in [0.05, 0.1) is 0 Å².